The molecule has 1 aliphatic heterocycles. The normalized spacial score (nSPS) is 26.0. The summed E-state index contributed by atoms with van der Waals surface area (Å²) in [7, 11) is 0. The van der Waals surface area contributed by atoms with E-state index in [0.717, 1.165) is 39.0 Å². The van der Waals surface area contributed by atoms with Crippen LogP contribution in [0.1, 0.15) is 40.0 Å². The van der Waals surface area contributed by atoms with Crippen LogP contribution in [-0.4, -0.2) is 32.6 Å². The number of anilines is 1. The maximum Gasteiger partial charge on any atom is 0.173 e. The number of likely N-dealkylation sites (tertiary alicyclic amines) is 1. The Kier molecular flexibility index (Phi) is 3.89. The summed E-state index contributed by atoms with van der Waals surface area (Å²) in [5.41, 5.74) is 2.73. The Morgan fingerprint density at radius 3 is 2.89 bits per heavy atom. The molecule has 1 saturated heterocycles. The maximum atomic E-state index is 5.91. The minimum atomic E-state index is 0.358. The van der Waals surface area contributed by atoms with Gasteiger partial charge in [-0.3, -0.25) is 9.97 Å². The van der Waals surface area contributed by atoms with E-state index in [4.69, 9.17) is 12.2 Å². The number of rotatable bonds is 1. The molecule has 0 unspecified atom stereocenters. The van der Waals surface area contributed by atoms with Crippen LogP contribution in [0.25, 0.3) is 21.7 Å². The molecule has 5 heteroatoms. The molecule has 1 saturated carbocycles. The fraction of sp³-hybridized carbons (Fsp3) is 0.435. The SMILES string of the molecule is CC1(C)C[C@H]2C[C@@](C)(CN2C(=S)Nc2cc3ccncc3c3ncccc23)C1. The average molecular weight is 391 g/mol. The summed E-state index contributed by atoms with van der Waals surface area (Å²) in [6, 6.07) is 8.81. The van der Waals surface area contributed by atoms with E-state index in [1.54, 1.807) is 0 Å². The van der Waals surface area contributed by atoms with E-state index in [9.17, 15) is 0 Å². The molecule has 0 spiro atoms. The van der Waals surface area contributed by atoms with Crippen LogP contribution in [0, 0.1) is 10.8 Å². The van der Waals surface area contributed by atoms with Gasteiger partial charge in [-0.2, -0.15) is 0 Å². The van der Waals surface area contributed by atoms with E-state index in [1.807, 2.05) is 30.7 Å². The van der Waals surface area contributed by atoms with Crippen LogP contribution >= 0.6 is 12.2 Å². The van der Waals surface area contributed by atoms with Crippen LogP contribution in [0.2, 0.25) is 0 Å². The molecule has 1 N–H and O–H groups in total. The van der Waals surface area contributed by atoms with Gasteiger partial charge < -0.3 is 10.2 Å². The first kappa shape index (κ1) is 17.8. The predicted molar refractivity (Wildman–Crippen MR) is 119 cm³/mol. The number of aromatic nitrogens is 2. The first-order valence-electron chi connectivity index (χ1n) is 10.0. The minimum absolute atomic E-state index is 0.358. The molecule has 3 aromatic rings. The summed E-state index contributed by atoms with van der Waals surface area (Å²) in [4.78, 5) is 11.3. The molecular formula is C23H26N4S. The fourth-order valence-electron chi connectivity index (χ4n) is 5.79. The number of pyridine rings is 2. The largest absolute Gasteiger partial charge is 0.345 e. The smallest absolute Gasteiger partial charge is 0.173 e. The van der Waals surface area contributed by atoms with E-state index < -0.39 is 0 Å². The van der Waals surface area contributed by atoms with E-state index >= 15 is 0 Å². The highest BCUT2D eigenvalue weighted by Crippen LogP contribution is 2.52. The van der Waals surface area contributed by atoms with Crippen molar-refractivity contribution >= 4 is 44.7 Å². The summed E-state index contributed by atoms with van der Waals surface area (Å²) in [5.74, 6) is 0. The Bertz CT molecular complexity index is 1090. The van der Waals surface area contributed by atoms with Gasteiger partial charge in [-0.15, -0.1) is 0 Å². The third-order valence-corrected chi connectivity index (χ3v) is 6.76. The molecule has 5 rings (SSSR count). The number of fused-ring (bicyclic) bond motifs is 5. The molecule has 2 atom stereocenters. The summed E-state index contributed by atoms with van der Waals surface area (Å²) in [6.07, 6.45) is 9.26. The number of nitrogens with zero attached hydrogens (tertiary/aromatic N) is 3. The van der Waals surface area contributed by atoms with Gasteiger partial charge in [0.25, 0.3) is 0 Å². The van der Waals surface area contributed by atoms with Crippen molar-refractivity contribution in [3.05, 3.63) is 42.9 Å². The predicted octanol–water partition coefficient (Wildman–Crippen LogP) is 5.38. The Labute approximate surface area is 171 Å². The topological polar surface area (TPSA) is 41.0 Å². The van der Waals surface area contributed by atoms with Gasteiger partial charge in [0.15, 0.2) is 5.11 Å². The lowest BCUT2D eigenvalue weighted by molar-refractivity contribution is 0.132. The molecule has 28 heavy (non-hydrogen) atoms. The first-order chi connectivity index (χ1) is 13.3. The number of thiocarbonyl (C=S) groups is 1. The standard InChI is InChI=1S/C23H26N4S/c1-22(2)10-16-11-23(3,13-22)14-27(16)21(28)26-19-9-15-6-8-24-12-18(15)20-17(19)5-4-7-25-20/h4-9,12,16H,10-11,13-14H2,1-3H3,(H,26,28)/t16-,23+/m0/s1. The second kappa shape index (κ2) is 6.11. The molecule has 2 aromatic heterocycles. The number of benzene rings is 1. The number of hydrogen-bond donors (Lipinski definition) is 1. The van der Waals surface area contributed by atoms with Crippen LogP contribution in [-0.2, 0) is 0 Å². The zero-order chi connectivity index (χ0) is 19.5. The van der Waals surface area contributed by atoms with Crippen LogP contribution in [0.3, 0.4) is 0 Å². The Hall–Kier alpha value is -2.27. The lowest BCUT2D eigenvalue weighted by atomic mass is 9.65. The second-order valence-corrected chi connectivity index (χ2v) is 10.1. The Morgan fingerprint density at radius 1 is 1.18 bits per heavy atom. The maximum absolute atomic E-state index is 5.91. The monoisotopic (exact) mass is 390 g/mol. The lowest BCUT2D eigenvalue weighted by Gasteiger charge is -2.39. The van der Waals surface area contributed by atoms with Gasteiger partial charge in [0.05, 0.1) is 11.2 Å². The summed E-state index contributed by atoms with van der Waals surface area (Å²) in [5, 5.41) is 7.69. The third-order valence-electron chi connectivity index (χ3n) is 6.42. The molecule has 0 radical (unpaired) electrons. The molecular weight excluding hydrogens is 364 g/mol. The van der Waals surface area contributed by atoms with Gasteiger partial charge in [-0.25, -0.2) is 0 Å². The third kappa shape index (κ3) is 2.93. The molecule has 1 aromatic carbocycles. The first-order valence-corrected chi connectivity index (χ1v) is 10.4. The highest BCUT2D eigenvalue weighted by atomic mass is 32.1. The fourth-order valence-corrected chi connectivity index (χ4v) is 6.11. The van der Waals surface area contributed by atoms with Gasteiger partial charge in [0.2, 0.25) is 0 Å². The van der Waals surface area contributed by atoms with Crippen molar-refractivity contribution in [2.24, 2.45) is 10.8 Å². The van der Waals surface area contributed by atoms with Gasteiger partial charge in [0.1, 0.15) is 0 Å². The molecule has 4 nitrogen and oxygen atoms in total. The van der Waals surface area contributed by atoms with Crippen LogP contribution in [0.5, 0.6) is 0 Å². The molecule has 144 valence electrons. The Balaban J connectivity index is 1.51. The summed E-state index contributed by atoms with van der Waals surface area (Å²) < 4.78 is 0. The molecule has 1 aliphatic carbocycles. The second-order valence-electron chi connectivity index (χ2n) is 9.69. The van der Waals surface area contributed by atoms with Crippen LogP contribution in [0.4, 0.5) is 5.69 Å². The van der Waals surface area contributed by atoms with Crippen molar-refractivity contribution in [3.63, 3.8) is 0 Å². The van der Waals surface area contributed by atoms with Crippen molar-refractivity contribution in [2.45, 2.75) is 46.1 Å². The van der Waals surface area contributed by atoms with Crippen LogP contribution < -0.4 is 5.32 Å². The molecule has 2 bridgehead atoms. The lowest BCUT2D eigenvalue weighted by Crippen LogP contribution is -2.40. The van der Waals surface area contributed by atoms with Gasteiger partial charge in [-0.1, -0.05) is 20.8 Å². The molecule has 3 heterocycles. The highest BCUT2D eigenvalue weighted by molar-refractivity contribution is 7.80. The van der Waals surface area contributed by atoms with E-state index in [2.05, 4.69) is 53.1 Å². The molecule has 2 aliphatic rings. The van der Waals surface area contributed by atoms with Crippen molar-refractivity contribution < 1.29 is 0 Å². The Morgan fingerprint density at radius 2 is 2.04 bits per heavy atom. The minimum Gasteiger partial charge on any atom is -0.345 e. The summed E-state index contributed by atoms with van der Waals surface area (Å²) >= 11 is 5.91. The number of nitrogens with one attached hydrogen (secondary N) is 1. The van der Waals surface area contributed by atoms with Crippen molar-refractivity contribution in [1.29, 1.82) is 0 Å². The average Bonchev–Trinajstić information content (AvgIpc) is 2.91. The molecule has 2 fully saturated rings. The highest BCUT2D eigenvalue weighted by Gasteiger charge is 2.50. The van der Waals surface area contributed by atoms with Crippen molar-refractivity contribution in [1.82, 2.24) is 14.9 Å². The summed E-state index contributed by atoms with van der Waals surface area (Å²) in [6.45, 7) is 8.26. The van der Waals surface area contributed by atoms with E-state index in [1.165, 1.54) is 19.3 Å². The number of hydrogen-bond acceptors (Lipinski definition) is 3. The quantitative estimate of drug-likeness (QED) is 0.446. The van der Waals surface area contributed by atoms with Gasteiger partial charge in [0, 0.05) is 41.9 Å². The van der Waals surface area contributed by atoms with Crippen molar-refractivity contribution in [3.8, 4) is 0 Å². The van der Waals surface area contributed by atoms with Crippen LogP contribution in [0.15, 0.2) is 42.9 Å². The molecule has 0 amide bonds. The zero-order valence-corrected chi connectivity index (χ0v) is 17.5. The zero-order valence-electron chi connectivity index (χ0n) is 16.7. The van der Waals surface area contributed by atoms with E-state index in [-0.39, 0.29) is 0 Å². The van der Waals surface area contributed by atoms with Gasteiger partial charge >= 0.3 is 0 Å². The van der Waals surface area contributed by atoms with E-state index in [0.29, 0.717) is 16.9 Å². The van der Waals surface area contributed by atoms with Gasteiger partial charge in [-0.05, 0) is 72.0 Å². The van der Waals surface area contributed by atoms with Crippen molar-refractivity contribution in [2.75, 3.05) is 11.9 Å².